The van der Waals surface area contributed by atoms with Gasteiger partial charge < -0.3 is 9.30 Å². The highest BCUT2D eigenvalue weighted by Crippen LogP contribution is 2.33. The van der Waals surface area contributed by atoms with Crippen LogP contribution in [-0.4, -0.2) is 40.2 Å². The molecule has 0 radical (unpaired) electrons. The Hall–Kier alpha value is -1.65. The SMILES string of the molecule is CC(C)(C)[C@H]1CN(CCCn2ccnc2)C[C@@H](c2ccccc2)O1. The molecule has 4 heteroatoms. The minimum absolute atomic E-state index is 0.149. The van der Waals surface area contributed by atoms with Crippen LogP contribution in [0, 0.1) is 5.41 Å². The second kappa shape index (κ2) is 7.49. The first-order valence-corrected chi connectivity index (χ1v) is 8.91. The molecule has 2 heterocycles. The fraction of sp³-hybridized carbons (Fsp3) is 0.550. The highest BCUT2D eigenvalue weighted by molar-refractivity contribution is 5.18. The summed E-state index contributed by atoms with van der Waals surface area (Å²) in [6, 6.07) is 10.6. The van der Waals surface area contributed by atoms with Crippen molar-refractivity contribution in [2.24, 2.45) is 5.41 Å². The Labute approximate surface area is 145 Å². The molecule has 1 fully saturated rings. The number of hydrogen-bond donors (Lipinski definition) is 0. The molecule has 3 rings (SSSR count). The number of benzene rings is 1. The van der Waals surface area contributed by atoms with Gasteiger partial charge in [-0.15, -0.1) is 0 Å². The van der Waals surface area contributed by atoms with E-state index < -0.39 is 0 Å². The lowest BCUT2D eigenvalue weighted by atomic mass is 9.87. The maximum Gasteiger partial charge on any atom is 0.0956 e. The third-order valence-corrected chi connectivity index (χ3v) is 4.76. The molecule has 1 aromatic carbocycles. The van der Waals surface area contributed by atoms with E-state index in [1.165, 1.54) is 5.56 Å². The molecule has 1 aliphatic heterocycles. The van der Waals surface area contributed by atoms with Crippen molar-refractivity contribution in [3.63, 3.8) is 0 Å². The standard InChI is InChI=1S/C20H29N3O/c1-20(2,3)19-15-23(12-7-11-22-13-10-21-16-22)14-18(24-19)17-8-5-4-6-9-17/h4-6,8-10,13,16,18-19H,7,11-12,14-15H2,1-3H3/t18-,19+/m0/s1. The van der Waals surface area contributed by atoms with Crippen molar-refractivity contribution >= 4 is 0 Å². The van der Waals surface area contributed by atoms with Crippen LogP contribution in [0.1, 0.15) is 38.9 Å². The number of morpholine rings is 1. The van der Waals surface area contributed by atoms with E-state index in [1.807, 2.05) is 18.7 Å². The number of rotatable bonds is 5. The summed E-state index contributed by atoms with van der Waals surface area (Å²) in [5.74, 6) is 0. The van der Waals surface area contributed by atoms with Gasteiger partial charge in [0, 0.05) is 38.6 Å². The number of hydrogen-bond acceptors (Lipinski definition) is 3. The van der Waals surface area contributed by atoms with Crippen LogP contribution in [0.2, 0.25) is 0 Å². The van der Waals surface area contributed by atoms with E-state index in [9.17, 15) is 0 Å². The smallest absolute Gasteiger partial charge is 0.0956 e. The van der Waals surface area contributed by atoms with Crippen LogP contribution in [0.15, 0.2) is 49.1 Å². The lowest BCUT2D eigenvalue weighted by molar-refractivity contribution is -0.129. The van der Waals surface area contributed by atoms with Crippen LogP contribution in [0.25, 0.3) is 0 Å². The van der Waals surface area contributed by atoms with Crippen molar-refractivity contribution in [1.29, 1.82) is 0 Å². The molecule has 2 atom stereocenters. The summed E-state index contributed by atoms with van der Waals surface area (Å²) >= 11 is 0. The Kier molecular flexibility index (Phi) is 5.36. The van der Waals surface area contributed by atoms with Gasteiger partial charge in [0.05, 0.1) is 18.5 Å². The molecule has 4 nitrogen and oxygen atoms in total. The molecule has 0 spiro atoms. The Balaban J connectivity index is 1.64. The van der Waals surface area contributed by atoms with E-state index in [0.29, 0.717) is 0 Å². The van der Waals surface area contributed by atoms with Gasteiger partial charge in [-0.3, -0.25) is 4.90 Å². The summed E-state index contributed by atoms with van der Waals surface area (Å²) in [4.78, 5) is 6.68. The molecule has 0 amide bonds. The fourth-order valence-corrected chi connectivity index (χ4v) is 3.24. The molecule has 0 unspecified atom stereocenters. The lowest BCUT2D eigenvalue weighted by Gasteiger charge is -2.43. The monoisotopic (exact) mass is 327 g/mol. The number of aryl methyl sites for hydroxylation is 1. The van der Waals surface area contributed by atoms with Crippen molar-refractivity contribution in [3.8, 4) is 0 Å². The fourth-order valence-electron chi connectivity index (χ4n) is 3.24. The zero-order valence-corrected chi connectivity index (χ0v) is 15.1. The number of nitrogens with zero attached hydrogens (tertiary/aromatic N) is 3. The van der Waals surface area contributed by atoms with E-state index >= 15 is 0 Å². The number of imidazole rings is 1. The Morgan fingerprint density at radius 3 is 2.58 bits per heavy atom. The predicted molar refractivity (Wildman–Crippen MR) is 96.8 cm³/mol. The third kappa shape index (κ3) is 4.46. The second-order valence-corrected chi connectivity index (χ2v) is 7.80. The number of aromatic nitrogens is 2. The van der Waals surface area contributed by atoms with Gasteiger partial charge in [-0.2, -0.15) is 0 Å². The minimum Gasteiger partial charge on any atom is -0.367 e. The Bertz CT molecular complexity index is 604. The summed E-state index contributed by atoms with van der Waals surface area (Å²) in [7, 11) is 0. The van der Waals surface area contributed by atoms with Crippen LogP contribution >= 0.6 is 0 Å². The van der Waals surface area contributed by atoms with Crippen molar-refractivity contribution in [2.45, 2.75) is 45.9 Å². The summed E-state index contributed by atoms with van der Waals surface area (Å²) in [6.45, 7) is 10.9. The molecule has 0 N–H and O–H groups in total. The topological polar surface area (TPSA) is 30.3 Å². The van der Waals surface area contributed by atoms with Gasteiger partial charge in [-0.25, -0.2) is 4.98 Å². The van der Waals surface area contributed by atoms with Crippen molar-refractivity contribution in [1.82, 2.24) is 14.5 Å². The van der Waals surface area contributed by atoms with Crippen LogP contribution in [0.5, 0.6) is 0 Å². The third-order valence-electron chi connectivity index (χ3n) is 4.76. The molecule has 2 aromatic rings. The Morgan fingerprint density at radius 2 is 1.92 bits per heavy atom. The lowest BCUT2D eigenvalue weighted by Crippen LogP contribution is -2.49. The second-order valence-electron chi connectivity index (χ2n) is 7.80. The molecule has 130 valence electrons. The zero-order valence-electron chi connectivity index (χ0n) is 15.1. The van der Waals surface area contributed by atoms with Gasteiger partial charge in [-0.1, -0.05) is 51.1 Å². The van der Waals surface area contributed by atoms with Crippen LogP contribution < -0.4 is 0 Å². The molecular formula is C20H29N3O. The molecule has 0 saturated carbocycles. The highest BCUT2D eigenvalue weighted by atomic mass is 16.5. The molecule has 24 heavy (non-hydrogen) atoms. The highest BCUT2D eigenvalue weighted by Gasteiger charge is 2.35. The summed E-state index contributed by atoms with van der Waals surface area (Å²) in [5, 5.41) is 0. The van der Waals surface area contributed by atoms with Crippen molar-refractivity contribution < 1.29 is 4.74 Å². The minimum atomic E-state index is 0.149. The molecule has 1 aliphatic rings. The van der Waals surface area contributed by atoms with Crippen LogP contribution in [-0.2, 0) is 11.3 Å². The zero-order chi connectivity index (χ0) is 17.0. The van der Waals surface area contributed by atoms with Gasteiger partial charge in [0.1, 0.15) is 0 Å². The molecule has 1 aromatic heterocycles. The molecule has 1 saturated heterocycles. The number of ether oxygens (including phenoxy) is 1. The van der Waals surface area contributed by atoms with Gasteiger partial charge >= 0.3 is 0 Å². The first-order valence-electron chi connectivity index (χ1n) is 8.91. The van der Waals surface area contributed by atoms with E-state index in [4.69, 9.17) is 4.74 Å². The Morgan fingerprint density at radius 1 is 1.12 bits per heavy atom. The quantitative estimate of drug-likeness (QED) is 0.837. The average molecular weight is 327 g/mol. The largest absolute Gasteiger partial charge is 0.367 e. The summed E-state index contributed by atoms with van der Waals surface area (Å²) in [5.41, 5.74) is 1.43. The normalized spacial score (nSPS) is 22.6. The van der Waals surface area contributed by atoms with Gasteiger partial charge in [0.15, 0.2) is 0 Å². The summed E-state index contributed by atoms with van der Waals surface area (Å²) in [6.07, 6.45) is 7.32. The maximum atomic E-state index is 6.46. The van der Waals surface area contributed by atoms with Crippen molar-refractivity contribution in [3.05, 3.63) is 54.6 Å². The molecule has 0 aliphatic carbocycles. The van der Waals surface area contributed by atoms with E-state index in [2.05, 4.69) is 65.6 Å². The van der Waals surface area contributed by atoms with E-state index in [-0.39, 0.29) is 17.6 Å². The van der Waals surface area contributed by atoms with Crippen molar-refractivity contribution in [2.75, 3.05) is 19.6 Å². The average Bonchev–Trinajstić information content (AvgIpc) is 3.08. The van der Waals surface area contributed by atoms with E-state index in [1.54, 1.807) is 0 Å². The predicted octanol–water partition coefficient (Wildman–Crippen LogP) is 3.76. The van der Waals surface area contributed by atoms with Crippen LogP contribution in [0.4, 0.5) is 0 Å². The van der Waals surface area contributed by atoms with Gasteiger partial charge in [0.25, 0.3) is 0 Å². The molecular weight excluding hydrogens is 298 g/mol. The first-order chi connectivity index (χ1) is 11.5. The summed E-state index contributed by atoms with van der Waals surface area (Å²) < 4.78 is 8.61. The van der Waals surface area contributed by atoms with Gasteiger partial charge in [0.2, 0.25) is 0 Å². The molecule has 0 bridgehead atoms. The van der Waals surface area contributed by atoms with Crippen LogP contribution in [0.3, 0.4) is 0 Å². The first kappa shape index (κ1) is 17.2. The van der Waals surface area contributed by atoms with E-state index in [0.717, 1.165) is 32.6 Å². The van der Waals surface area contributed by atoms with Gasteiger partial charge in [-0.05, 0) is 17.4 Å². The maximum absolute atomic E-state index is 6.46.